The van der Waals surface area contributed by atoms with Gasteiger partial charge in [0.2, 0.25) is 0 Å². The van der Waals surface area contributed by atoms with E-state index < -0.39 is 41.9 Å². The van der Waals surface area contributed by atoms with E-state index in [4.69, 9.17) is 5.73 Å². The molecule has 7 nitrogen and oxygen atoms in total. The van der Waals surface area contributed by atoms with Crippen molar-refractivity contribution in [1.82, 2.24) is 10.6 Å². The molecule has 0 fully saturated rings. The van der Waals surface area contributed by atoms with Crippen molar-refractivity contribution in [3.8, 4) is 0 Å². The number of hydrogen-bond donors (Lipinski definition) is 3. The molecule has 0 unspecified atom stereocenters. The number of anilines is 1. The molecule has 126 valence electrons. The molecular weight excluding hydrogens is 319 g/mol. The molecule has 0 atom stereocenters. The first-order chi connectivity index (χ1) is 10.6. The zero-order chi connectivity index (χ0) is 17.6. The molecule has 10 heteroatoms. The molecule has 23 heavy (non-hydrogen) atoms. The molecule has 0 aliphatic rings. The Morgan fingerprint density at radius 2 is 1.91 bits per heavy atom. The van der Waals surface area contributed by atoms with E-state index in [0.717, 1.165) is 6.07 Å². The Bertz CT molecular complexity index is 617. The summed E-state index contributed by atoms with van der Waals surface area (Å²) in [5.74, 6) is -1.97. The summed E-state index contributed by atoms with van der Waals surface area (Å²) in [5, 5.41) is 4.17. The number of ether oxygens (including phenoxy) is 1. The van der Waals surface area contributed by atoms with Gasteiger partial charge in [-0.3, -0.25) is 10.1 Å². The molecule has 1 rings (SSSR count). The number of nitrogens with two attached hydrogens (primary N) is 1. The third-order valence-corrected chi connectivity index (χ3v) is 2.52. The predicted octanol–water partition coefficient (Wildman–Crippen LogP) is 1.29. The summed E-state index contributed by atoms with van der Waals surface area (Å²) >= 11 is 0. The van der Waals surface area contributed by atoms with Crippen LogP contribution in [0.4, 0.5) is 23.7 Å². The topological polar surface area (TPSA) is 111 Å². The van der Waals surface area contributed by atoms with Crippen LogP contribution in [-0.2, 0) is 15.7 Å². The number of carbonyl (C=O) groups is 3. The van der Waals surface area contributed by atoms with Crippen LogP contribution in [-0.4, -0.2) is 31.1 Å². The van der Waals surface area contributed by atoms with E-state index in [-0.39, 0.29) is 5.56 Å². The summed E-state index contributed by atoms with van der Waals surface area (Å²) in [6.07, 6.45) is -4.59. The quantitative estimate of drug-likeness (QED) is 0.568. The number of alkyl halides is 3. The van der Waals surface area contributed by atoms with Crippen LogP contribution >= 0.6 is 0 Å². The number of halogens is 3. The number of carbonyl (C=O) groups excluding carboxylic acids is 3. The Hall–Kier alpha value is -2.78. The van der Waals surface area contributed by atoms with Gasteiger partial charge in [0.1, 0.15) is 0 Å². The van der Waals surface area contributed by atoms with Gasteiger partial charge in [-0.05, 0) is 25.1 Å². The lowest BCUT2D eigenvalue weighted by atomic mass is 10.1. The number of benzene rings is 1. The molecule has 0 aromatic heterocycles. The average Bonchev–Trinajstić information content (AvgIpc) is 2.43. The second-order valence-corrected chi connectivity index (χ2v) is 4.28. The van der Waals surface area contributed by atoms with Crippen molar-refractivity contribution in [3.05, 3.63) is 29.3 Å². The maximum atomic E-state index is 12.5. The molecule has 0 spiro atoms. The first kappa shape index (κ1) is 18.3. The maximum absolute atomic E-state index is 12.5. The lowest BCUT2D eigenvalue weighted by Crippen LogP contribution is -2.41. The Labute approximate surface area is 129 Å². The number of hydrogen-bond acceptors (Lipinski definition) is 5. The predicted molar refractivity (Wildman–Crippen MR) is 73.4 cm³/mol. The highest BCUT2D eigenvalue weighted by atomic mass is 19.4. The Balaban J connectivity index is 2.65. The number of nitrogen functional groups attached to an aromatic ring is 1. The van der Waals surface area contributed by atoms with E-state index in [1.807, 2.05) is 5.32 Å². The number of nitrogens with one attached hydrogen (secondary N) is 2. The molecule has 1 aromatic carbocycles. The maximum Gasteiger partial charge on any atom is 0.416 e. The molecular formula is C13H14F3N3O4. The van der Waals surface area contributed by atoms with Gasteiger partial charge in [0.25, 0.3) is 5.91 Å². The van der Waals surface area contributed by atoms with Crippen LogP contribution in [0.25, 0.3) is 0 Å². The van der Waals surface area contributed by atoms with Gasteiger partial charge in [0.15, 0.2) is 6.61 Å². The highest BCUT2D eigenvalue weighted by Gasteiger charge is 2.31. The molecule has 0 aliphatic heterocycles. The van der Waals surface area contributed by atoms with Gasteiger partial charge < -0.3 is 15.8 Å². The molecule has 0 saturated heterocycles. The Morgan fingerprint density at radius 3 is 2.43 bits per heavy atom. The van der Waals surface area contributed by atoms with E-state index in [0.29, 0.717) is 18.7 Å². The minimum Gasteiger partial charge on any atom is -0.452 e. The first-order valence-corrected chi connectivity index (χ1v) is 6.36. The summed E-state index contributed by atoms with van der Waals surface area (Å²) in [5.41, 5.74) is 3.61. The largest absolute Gasteiger partial charge is 0.452 e. The van der Waals surface area contributed by atoms with Crippen LogP contribution < -0.4 is 16.4 Å². The van der Waals surface area contributed by atoms with Crippen LogP contribution in [0.2, 0.25) is 0 Å². The third-order valence-electron chi connectivity index (χ3n) is 2.52. The second-order valence-electron chi connectivity index (χ2n) is 4.28. The van der Waals surface area contributed by atoms with Gasteiger partial charge in [-0.25, -0.2) is 9.59 Å². The van der Waals surface area contributed by atoms with Gasteiger partial charge in [-0.15, -0.1) is 0 Å². The number of rotatable bonds is 4. The fourth-order valence-electron chi connectivity index (χ4n) is 1.50. The number of esters is 1. The van der Waals surface area contributed by atoms with E-state index in [1.165, 1.54) is 0 Å². The van der Waals surface area contributed by atoms with Crippen molar-refractivity contribution in [2.75, 3.05) is 18.9 Å². The molecule has 4 N–H and O–H groups in total. The summed E-state index contributed by atoms with van der Waals surface area (Å²) in [7, 11) is 0. The van der Waals surface area contributed by atoms with Crippen molar-refractivity contribution >= 4 is 23.6 Å². The van der Waals surface area contributed by atoms with Crippen LogP contribution in [0.3, 0.4) is 0 Å². The number of imide groups is 1. The minimum atomic E-state index is -4.59. The SMILES string of the molecule is CCNC(=O)NC(=O)COC(=O)c1ccc(C(F)(F)F)cc1N. The van der Waals surface area contributed by atoms with Crippen molar-refractivity contribution in [3.63, 3.8) is 0 Å². The van der Waals surface area contributed by atoms with Gasteiger partial charge in [-0.1, -0.05) is 0 Å². The van der Waals surface area contributed by atoms with Gasteiger partial charge in [0, 0.05) is 12.2 Å². The first-order valence-electron chi connectivity index (χ1n) is 6.36. The van der Waals surface area contributed by atoms with E-state index in [9.17, 15) is 27.6 Å². The van der Waals surface area contributed by atoms with E-state index in [1.54, 1.807) is 6.92 Å². The van der Waals surface area contributed by atoms with E-state index in [2.05, 4.69) is 10.1 Å². The molecule has 0 aliphatic carbocycles. The molecule has 0 heterocycles. The minimum absolute atomic E-state index is 0.293. The lowest BCUT2D eigenvalue weighted by molar-refractivity contribution is -0.137. The van der Waals surface area contributed by atoms with Crippen LogP contribution in [0.5, 0.6) is 0 Å². The zero-order valence-corrected chi connectivity index (χ0v) is 12.0. The zero-order valence-electron chi connectivity index (χ0n) is 12.0. The third kappa shape index (κ3) is 5.49. The number of urea groups is 1. The highest BCUT2D eigenvalue weighted by Crippen LogP contribution is 2.31. The molecule has 3 amide bonds. The smallest absolute Gasteiger partial charge is 0.416 e. The number of amides is 3. The summed E-state index contributed by atoms with van der Waals surface area (Å²) < 4.78 is 42.0. The van der Waals surface area contributed by atoms with Gasteiger partial charge >= 0.3 is 18.2 Å². The van der Waals surface area contributed by atoms with Crippen molar-refractivity contribution in [2.24, 2.45) is 0 Å². The lowest BCUT2D eigenvalue weighted by Gasteiger charge is -2.10. The van der Waals surface area contributed by atoms with Crippen molar-refractivity contribution in [1.29, 1.82) is 0 Å². The molecule has 0 saturated carbocycles. The van der Waals surface area contributed by atoms with Gasteiger partial charge in [0.05, 0.1) is 11.1 Å². The molecule has 0 bridgehead atoms. The highest BCUT2D eigenvalue weighted by molar-refractivity contribution is 5.98. The normalized spacial score (nSPS) is 10.8. The van der Waals surface area contributed by atoms with Crippen LogP contribution in [0, 0.1) is 0 Å². The molecule has 0 radical (unpaired) electrons. The fourth-order valence-corrected chi connectivity index (χ4v) is 1.50. The van der Waals surface area contributed by atoms with Crippen LogP contribution in [0.15, 0.2) is 18.2 Å². The summed E-state index contributed by atoms with van der Waals surface area (Å²) in [6, 6.07) is 1.34. The molecule has 1 aromatic rings. The summed E-state index contributed by atoms with van der Waals surface area (Å²) in [6.45, 7) is 1.15. The van der Waals surface area contributed by atoms with Crippen molar-refractivity contribution < 1.29 is 32.3 Å². The fraction of sp³-hybridized carbons (Fsp3) is 0.308. The van der Waals surface area contributed by atoms with Crippen molar-refractivity contribution in [2.45, 2.75) is 13.1 Å². The van der Waals surface area contributed by atoms with Gasteiger partial charge in [-0.2, -0.15) is 13.2 Å². The van der Waals surface area contributed by atoms with Crippen LogP contribution in [0.1, 0.15) is 22.8 Å². The average molecular weight is 333 g/mol. The standard InChI is InChI=1S/C13H14F3N3O4/c1-2-18-12(22)19-10(20)6-23-11(21)8-4-3-7(5-9(8)17)13(14,15)16/h3-5H,2,6,17H2,1H3,(H2,18,19,20,22). The second kappa shape index (κ2) is 7.47. The Kier molecular flexibility index (Phi) is 5.94. The summed E-state index contributed by atoms with van der Waals surface area (Å²) in [4.78, 5) is 34.0. The Morgan fingerprint density at radius 1 is 1.26 bits per heavy atom. The monoisotopic (exact) mass is 333 g/mol. The van der Waals surface area contributed by atoms with E-state index >= 15 is 0 Å².